The van der Waals surface area contributed by atoms with Crippen LogP contribution in [0.1, 0.15) is 5.56 Å². The highest BCUT2D eigenvalue weighted by molar-refractivity contribution is 9.10. The molecular formula is C14H15BrClN3O2. The van der Waals surface area contributed by atoms with Crippen molar-refractivity contribution >= 4 is 33.3 Å². The van der Waals surface area contributed by atoms with E-state index in [4.69, 9.17) is 21.1 Å². The van der Waals surface area contributed by atoms with Gasteiger partial charge in [-0.2, -0.15) is 4.98 Å². The van der Waals surface area contributed by atoms with E-state index in [2.05, 4.69) is 31.2 Å². The molecule has 0 aliphatic carbocycles. The molecule has 0 saturated carbocycles. The highest BCUT2D eigenvalue weighted by Crippen LogP contribution is 2.27. The first-order valence-corrected chi connectivity index (χ1v) is 7.44. The maximum atomic E-state index is 5.77. The number of nitrogens with one attached hydrogen (secondary N) is 1. The first kappa shape index (κ1) is 15.9. The molecular weight excluding hydrogens is 358 g/mol. The fourth-order valence-corrected chi connectivity index (χ4v) is 2.30. The third-order valence-electron chi connectivity index (χ3n) is 2.87. The Hall–Kier alpha value is -1.53. The van der Waals surface area contributed by atoms with Crippen LogP contribution in [0.4, 0.5) is 5.82 Å². The molecule has 21 heavy (non-hydrogen) atoms. The van der Waals surface area contributed by atoms with Gasteiger partial charge in [0.2, 0.25) is 5.28 Å². The highest BCUT2D eigenvalue weighted by Gasteiger charge is 2.06. The predicted molar refractivity (Wildman–Crippen MR) is 86.5 cm³/mol. The number of methoxy groups -OCH3 is 2. The standard InChI is InChI=1S/C14H15BrClN3O2/c1-20-11-4-3-9(7-12(11)21-2)5-6-17-13-10(15)8-18-14(16)19-13/h3-4,7-8H,5-6H2,1-2H3,(H,17,18,19). The molecule has 7 heteroatoms. The SMILES string of the molecule is COc1ccc(CCNc2nc(Cl)ncc2Br)cc1OC. The fraction of sp³-hybridized carbons (Fsp3) is 0.286. The van der Waals surface area contributed by atoms with E-state index in [9.17, 15) is 0 Å². The quantitative estimate of drug-likeness (QED) is 0.786. The Bertz CT molecular complexity index is 625. The van der Waals surface area contributed by atoms with Gasteiger partial charge in [-0.25, -0.2) is 4.98 Å². The summed E-state index contributed by atoms with van der Waals surface area (Å²) in [5, 5.41) is 3.43. The molecule has 1 N–H and O–H groups in total. The molecule has 0 unspecified atom stereocenters. The molecule has 0 aliphatic heterocycles. The lowest BCUT2D eigenvalue weighted by Crippen LogP contribution is -2.07. The van der Waals surface area contributed by atoms with Gasteiger partial charge < -0.3 is 14.8 Å². The predicted octanol–water partition coefficient (Wildman–Crippen LogP) is 3.56. The van der Waals surface area contributed by atoms with Crippen LogP contribution in [0.25, 0.3) is 0 Å². The van der Waals surface area contributed by atoms with Crippen LogP contribution in [0.15, 0.2) is 28.9 Å². The van der Waals surface area contributed by atoms with Crippen molar-refractivity contribution in [3.8, 4) is 11.5 Å². The average molecular weight is 373 g/mol. The van der Waals surface area contributed by atoms with Gasteiger partial charge in [-0.3, -0.25) is 0 Å². The van der Waals surface area contributed by atoms with E-state index in [-0.39, 0.29) is 5.28 Å². The van der Waals surface area contributed by atoms with Crippen LogP contribution in [0, 0.1) is 0 Å². The summed E-state index contributed by atoms with van der Waals surface area (Å²) >= 11 is 9.15. The van der Waals surface area contributed by atoms with Gasteiger partial charge >= 0.3 is 0 Å². The van der Waals surface area contributed by atoms with Gasteiger partial charge in [-0.1, -0.05) is 6.07 Å². The number of hydrogen-bond acceptors (Lipinski definition) is 5. The van der Waals surface area contributed by atoms with Crippen LogP contribution in [0.5, 0.6) is 11.5 Å². The summed E-state index contributed by atoms with van der Waals surface area (Å²) in [6.45, 7) is 0.710. The maximum Gasteiger partial charge on any atom is 0.224 e. The summed E-state index contributed by atoms with van der Waals surface area (Å²) < 4.78 is 11.3. The van der Waals surface area contributed by atoms with Gasteiger partial charge in [0.05, 0.1) is 18.7 Å². The smallest absolute Gasteiger partial charge is 0.224 e. The number of aromatic nitrogens is 2. The fourth-order valence-electron chi connectivity index (χ4n) is 1.83. The summed E-state index contributed by atoms with van der Waals surface area (Å²) in [5.41, 5.74) is 1.14. The second-order valence-electron chi connectivity index (χ2n) is 4.20. The number of anilines is 1. The van der Waals surface area contributed by atoms with Crippen molar-refractivity contribution in [3.05, 3.63) is 39.7 Å². The van der Waals surface area contributed by atoms with E-state index in [0.29, 0.717) is 12.4 Å². The first-order chi connectivity index (χ1) is 10.1. The molecule has 0 bridgehead atoms. The topological polar surface area (TPSA) is 56.3 Å². The second kappa shape index (κ2) is 7.47. The normalized spacial score (nSPS) is 10.3. The van der Waals surface area contributed by atoms with Gasteiger partial charge in [0.25, 0.3) is 0 Å². The van der Waals surface area contributed by atoms with Gasteiger partial charge in [-0.15, -0.1) is 0 Å². The number of ether oxygens (including phenoxy) is 2. The van der Waals surface area contributed by atoms with E-state index >= 15 is 0 Å². The number of halogens is 2. The minimum absolute atomic E-state index is 0.215. The molecule has 0 aliphatic rings. The number of benzene rings is 1. The van der Waals surface area contributed by atoms with E-state index in [1.165, 1.54) is 0 Å². The zero-order chi connectivity index (χ0) is 15.2. The molecule has 0 spiro atoms. The van der Waals surface area contributed by atoms with E-state index in [1.807, 2.05) is 18.2 Å². The van der Waals surface area contributed by atoms with Crippen molar-refractivity contribution in [1.29, 1.82) is 0 Å². The lowest BCUT2D eigenvalue weighted by atomic mass is 10.1. The van der Waals surface area contributed by atoms with Crippen molar-refractivity contribution < 1.29 is 9.47 Å². The molecule has 1 aromatic heterocycles. The third kappa shape index (κ3) is 4.22. The van der Waals surface area contributed by atoms with Crippen molar-refractivity contribution in [2.45, 2.75) is 6.42 Å². The molecule has 2 aromatic rings. The summed E-state index contributed by atoms with van der Waals surface area (Å²) in [6, 6.07) is 5.86. The lowest BCUT2D eigenvalue weighted by Gasteiger charge is -2.10. The molecule has 112 valence electrons. The molecule has 0 fully saturated rings. The summed E-state index contributed by atoms with van der Waals surface area (Å²) in [5.74, 6) is 2.12. The highest BCUT2D eigenvalue weighted by atomic mass is 79.9. The van der Waals surface area contributed by atoms with Gasteiger partial charge in [0.1, 0.15) is 5.82 Å². The molecule has 1 aromatic carbocycles. The van der Waals surface area contributed by atoms with Crippen LogP contribution in [-0.2, 0) is 6.42 Å². The third-order valence-corrected chi connectivity index (χ3v) is 3.63. The molecule has 0 radical (unpaired) electrons. The van der Waals surface area contributed by atoms with Crippen molar-refractivity contribution in [2.75, 3.05) is 26.1 Å². The molecule has 2 rings (SSSR count). The Balaban J connectivity index is 1.98. The van der Waals surface area contributed by atoms with Crippen LogP contribution < -0.4 is 14.8 Å². The lowest BCUT2D eigenvalue weighted by molar-refractivity contribution is 0.354. The Morgan fingerprint density at radius 1 is 1.24 bits per heavy atom. The molecule has 0 amide bonds. The van der Waals surface area contributed by atoms with Gasteiger partial charge in [0, 0.05) is 12.7 Å². The monoisotopic (exact) mass is 371 g/mol. The summed E-state index contributed by atoms with van der Waals surface area (Å²) in [7, 11) is 3.25. The molecule has 5 nitrogen and oxygen atoms in total. The van der Waals surface area contributed by atoms with E-state index in [1.54, 1.807) is 20.4 Å². The largest absolute Gasteiger partial charge is 0.493 e. The summed E-state index contributed by atoms with van der Waals surface area (Å²) in [6.07, 6.45) is 2.43. The number of rotatable bonds is 6. The Morgan fingerprint density at radius 2 is 2.00 bits per heavy atom. The Kier molecular flexibility index (Phi) is 5.64. The number of hydrogen-bond donors (Lipinski definition) is 1. The van der Waals surface area contributed by atoms with E-state index in [0.717, 1.165) is 28.0 Å². The van der Waals surface area contributed by atoms with Crippen LogP contribution >= 0.6 is 27.5 Å². The number of nitrogens with zero attached hydrogens (tertiary/aromatic N) is 2. The average Bonchev–Trinajstić information content (AvgIpc) is 2.50. The van der Waals surface area contributed by atoms with E-state index < -0.39 is 0 Å². The first-order valence-electron chi connectivity index (χ1n) is 6.27. The molecule has 0 saturated heterocycles. The Labute approximate surface area is 136 Å². The minimum Gasteiger partial charge on any atom is -0.493 e. The minimum atomic E-state index is 0.215. The Morgan fingerprint density at radius 3 is 2.71 bits per heavy atom. The zero-order valence-electron chi connectivity index (χ0n) is 11.7. The van der Waals surface area contributed by atoms with Crippen LogP contribution in [-0.4, -0.2) is 30.7 Å². The van der Waals surface area contributed by atoms with Gasteiger partial charge in [0.15, 0.2) is 11.5 Å². The summed E-state index contributed by atoms with van der Waals surface area (Å²) in [4.78, 5) is 8.00. The maximum absolute atomic E-state index is 5.77. The molecule has 1 heterocycles. The molecule has 0 atom stereocenters. The zero-order valence-corrected chi connectivity index (χ0v) is 14.0. The van der Waals surface area contributed by atoms with Crippen molar-refractivity contribution in [3.63, 3.8) is 0 Å². The van der Waals surface area contributed by atoms with Crippen molar-refractivity contribution in [1.82, 2.24) is 9.97 Å². The van der Waals surface area contributed by atoms with Crippen LogP contribution in [0.2, 0.25) is 5.28 Å². The van der Waals surface area contributed by atoms with Gasteiger partial charge in [-0.05, 0) is 51.6 Å². The van der Waals surface area contributed by atoms with Crippen LogP contribution in [0.3, 0.4) is 0 Å². The van der Waals surface area contributed by atoms with Crippen molar-refractivity contribution in [2.24, 2.45) is 0 Å². The second-order valence-corrected chi connectivity index (χ2v) is 5.39.